The van der Waals surface area contributed by atoms with Gasteiger partial charge < -0.3 is 24.7 Å². The lowest BCUT2D eigenvalue weighted by Gasteiger charge is -2.33. The van der Waals surface area contributed by atoms with Crippen LogP contribution in [0, 0.1) is 11.7 Å². The Morgan fingerprint density at radius 2 is 1.48 bits per heavy atom. The Bertz CT molecular complexity index is 1610. The van der Waals surface area contributed by atoms with Crippen molar-refractivity contribution in [3.05, 3.63) is 95.3 Å². The molecule has 1 amide bonds. The minimum absolute atomic E-state index is 0.0423. The van der Waals surface area contributed by atoms with Crippen LogP contribution >= 0.6 is 0 Å². The van der Waals surface area contributed by atoms with Crippen LogP contribution in [-0.4, -0.2) is 86.7 Å². The first-order valence-corrected chi connectivity index (χ1v) is 16.1. The molecular weight excluding hydrogens is 621 g/mol. The fourth-order valence-electron chi connectivity index (χ4n) is 4.83. The first-order chi connectivity index (χ1) is 21.8. The summed E-state index contributed by atoms with van der Waals surface area (Å²) in [7, 11) is -1.76. The van der Waals surface area contributed by atoms with Crippen LogP contribution in [0.3, 0.4) is 0 Å². The van der Waals surface area contributed by atoms with E-state index in [0.717, 1.165) is 11.8 Å². The highest BCUT2D eigenvalue weighted by molar-refractivity contribution is 7.88. The molecule has 3 aromatic rings. The van der Waals surface area contributed by atoms with E-state index in [1.54, 1.807) is 36.3 Å². The van der Waals surface area contributed by atoms with Gasteiger partial charge >= 0.3 is 11.9 Å². The van der Waals surface area contributed by atoms with Gasteiger partial charge in [-0.2, -0.15) is 0 Å². The maximum absolute atomic E-state index is 13.7. The van der Waals surface area contributed by atoms with E-state index < -0.39 is 22.0 Å². The molecule has 1 fully saturated rings. The van der Waals surface area contributed by atoms with E-state index in [2.05, 4.69) is 9.62 Å². The van der Waals surface area contributed by atoms with Crippen molar-refractivity contribution < 1.29 is 46.9 Å². The number of anilines is 1. The molecule has 0 atom stereocenters. The molecule has 14 heteroatoms. The van der Waals surface area contributed by atoms with Crippen LogP contribution in [0.1, 0.15) is 39.1 Å². The highest BCUT2D eigenvalue weighted by Crippen LogP contribution is 2.29. The molecule has 1 saturated heterocycles. The van der Waals surface area contributed by atoms with E-state index in [-0.39, 0.29) is 30.0 Å². The number of likely N-dealkylation sites (tertiary alicyclic amines) is 1. The molecule has 3 aromatic carbocycles. The summed E-state index contributed by atoms with van der Waals surface area (Å²) in [5.41, 5.74) is 2.39. The lowest BCUT2D eigenvalue weighted by Crippen LogP contribution is -2.43. The van der Waals surface area contributed by atoms with Crippen LogP contribution in [0.15, 0.2) is 72.8 Å². The van der Waals surface area contributed by atoms with Crippen molar-refractivity contribution in [1.29, 1.82) is 0 Å². The lowest BCUT2D eigenvalue weighted by atomic mass is 9.89. The third-order valence-electron chi connectivity index (χ3n) is 7.27. The molecule has 0 radical (unpaired) electrons. The predicted molar refractivity (Wildman–Crippen MR) is 168 cm³/mol. The van der Waals surface area contributed by atoms with Gasteiger partial charge in [0, 0.05) is 36.7 Å². The van der Waals surface area contributed by atoms with E-state index in [1.165, 1.54) is 24.3 Å². The normalized spacial score (nSPS) is 13.6. The van der Waals surface area contributed by atoms with Gasteiger partial charge in [0.2, 0.25) is 10.0 Å². The molecule has 1 heterocycles. The number of hydrogen-bond acceptors (Lipinski definition) is 8. The number of hydrogen-bond donors (Lipinski definition) is 3. The second-order valence-electron chi connectivity index (χ2n) is 10.5. The Balaban J connectivity index is 0.000000875. The molecule has 0 spiro atoms. The quantitative estimate of drug-likeness (QED) is 0.205. The zero-order valence-corrected chi connectivity index (χ0v) is 26.2. The number of carboxylic acid groups (broad SMARTS) is 2. The molecule has 46 heavy (non-hydrogen) atoms. The van der Waals surface area contributed by atoms with Crippen LogP contribution in [0.4, 0.5) is 10.1 Å². The average Bonchev–Trinajstić information content (AvgIpc) is 3.04. The standard InChI is InChI=1S/C30H34FN3O5S.C2H2O4/c1-39-28-6-4-3-5-27(28)34(30(36)25-9-7-22(8-10-25)21-32-40(2,37)38)20-19-33-17-15-24(16-18-33)29(35)23-11-13-26(31)14-12-23;3-1(4)2(5)6/h3-14,24,32H,15-21H2,1-2H3;(H,3,4)(H,5,6). The van der Waals surface area contributed by atoms with Gasteiger partial charge in [-0.1, -0.05) is 24.3 Å². The summed E-state index contributed by atoms with van der Waals surface area (Å²) in [4.78, 5) is 48.7. The third-order valence-corrected chi connectivity index (χ3v) is 7.94. The number of carbonyl (C=O) groups is 4. The van der Waals surface area contributed by atoms with E-state index in [1.807, 2.05) is 24.3 Å². The first kappa shape index (κ1) is 35.8. The summed E-state index contributed by atoms with van der Waals surface area (Å²) in [6.45, 7) is 2.59. The van der Waals surface area contributed by atoms with Crippen LogP contribution in [-0.2, 0) is 26.2 Å². The Kier molecular flexibility index (Phi) is 12.9. The number of halogens is 1. The fourth-order valence-corrected chi connectivity index (χ4v) is 5.26. The number of nitrogens with zero attached hydrogens (tertiary/aromatic N) is 2. The van der Waals surface area contributed by atoms with E-state index in [4.69, 9.17) is 24.5 Å². The molecular formula is C32H36FN3O9S. The van der Waals surface area contributed by atoms with Gasteiger partial charge in [0.05, 0.1) is 19.1 Å². The molecule has 0 unspecified atom stereocenters. The lowest BCUT2D eigenvalue weighted by molar-refractivity contribution is -0.159. The Hall–Kier alpha value is -4.66. The van der Waals surface area contributed by atoms with Gasteiger partial charge in [-0.25, -0.2) is 27.1 Å². The topological polar surface area (TPSA) is 171 Å². The van der Waals surface area contributed by atoms with E-state index >= 15 is 0 Å². The third kappa shape index (κ3) is 10.8. The number of rotatable bonds is 11. The molecule has 1 aliphatic rings. The number of piperidine rings is 1. The van der Waals surface area contributed by atoms with Gasteiger partial charge in [-0.05, 0) is 80.0 Å². The second-order valence-corrected chi connectivity index (χ2v) is 12.3. The molecule has 0 bridgehead atoms. The molecule has 0 saturated carbocycles. The van der Waals surface area contributed by atoms with Crippen LogP contribution in [0.2, 0.25) is 0 Å². The molecule has 246 valence electrons. The fraction of sp³-hybridized carbons (Fsp3) is 0.312. The Labute approximate surface area is 266 Å². The highest BCUT2D eigenvalue weighted by atomic mass is 32.2. The van der Waals surface area contributed by atoms with Crippen molar-refractivity contribution in [2.45, 2.75) is 19.4 Å². The SMILES string of the molecule is COc1ccccc1N(CCN1CCC(C(=O)c2ccc(F)cc2)CC1)C(=O)c1ccc(CNS(C)(=O)=O)cc1.O=C(O)C(=O)O. The number of amides is 1. The van der Waals surface area contributed by atoms with E-state index in [0.29, 0.717) is 61.6 Å². The van der Waals surface area contributed by atoms with Gasteiger partial charge in [-0.3, -0.25) is 9.59 Å². The first-order valence-electron chi connectivity index (χ1n) is 14.3. The number of ether oxygens (including phenoxy) is 1. The summed E-state index contributed by atoms with van der Waals surface area (Å²) >= 11 is 0. The minimum atomic E-state index is -3.32. The Morgan fingerprint density at radius 1 is 0.913 bits per heavy atom. The van der Waals surface area contributed by atoms with Crippen molar-refractivity contribution >= 4 is 39.3 Å². The number of aliphatic carboxylic acids is 2. The number of benzene rings is 3. The smallest absolute Gasteiger partial charge is 0.414 e. The van der Waals surface area contributed by atoms with Gasteiger partial charge in [0.1, 0.15) is 11.6 Å². The van der Waals surface area contributed by atoms with Crippen molar-refractivity contribution in [2.75, 3.05) is 44.4 Å². The molecule has 4 rings (SSSR count). The van der Waals surface area contributed by atoms with Crippen molar-refractivity contribution in [3.8, 4) is 5.75 Å². The Morgan fingerprint density at radius 3 is 2.02 bits per heavy atom. The number of carboxylic acids is 2. The number of sulfonamides is 1. The maximum Gasteiger partial charge on any atom is 0.414 e. The number of nitrogens with one attached hydrogen (secondary N) is 1. The summed E-state index contributed by atoms with van der Waals surface area (Å²) in [5.74, 6) is -3.70. The second kappa shape index (κ2) is 16.6. The van der Waals surface area contributed by atoms with E-state index in [9.17, 15) is 22.4 Å². The number of para-hydroxylation sites is 2. The van der Waals surface area contributed by atoms with Gasteiger partial charge in [-0.15, -0.1) is 0 Å². The summed E-state index contributed by atoms with van der Waals surface area (Å²) in [5, 5.41) is 14.8. The number of methoxy groups -OCH3 is 1. The summed E-state index contributed by atoms with van der Waals surface area (Å²) in [6, 6.07) is 19.9. The molecule has 1 aliphatic heterocycles. The van der Waals surface area contributed by atoms with Crippen LogP contribution in [0.25, 0.3) is 0 Å². The van der Waals surface area contributed by atoms with Gasteiger partial charge in [0.25, 0.3) is 5.91 Å². The zero-order chi connectivity index (χ0) is 33.9. The molecule has 0 aliphatic carbocycles. The zero-order valence-electron chi connectivity index (χ0n) is 25.4. The van der Waals surface area contributed by atoms with Crippen molar-refractivity contribution in [3.63, 3.8) is 0 Å². The summed E-state index contributed by atoms with van der Waals surface area (Å²) in [6.07, 6.45) is 2.49. The number of carbonyl (C=O) groups excluding carboxylic acids is 2. The minimum Gasteiger partial charge on any atom is -0.495 e. The average molecular weight is 658 g/mol. The van der Waals surface area contributed by atoms with Gasteiger partial charge in [0.15, 0.2) is 5.78 Å². The highest BCUT2D eigenvalue weighted by Gasteiger charge is 2.27. The van der Waals surface area contributed by atoms with Crippen LogP contribution < -0.4 is 14.4 Å². The number of ketones is 1. The van der Waals surface area contributed by atoms with Crippen molar-refractivity contribution in [2.24, 2.45) is 5.92 Å². The maximum atomic E-state index is 13.7. The summed E-state index contributed by atoms with van der Waals surface area (Å²) < 4.78 is 44.0. The monoisotopic (exact) mass is 657 g/mol. The van der Waals surface area contributed by atoms with Crippen LogP contribution in [0.5, 0.6) is 5.75 Å². The largest absolute Gasteiger partial charge is 0.495 e. The predicted octanol–water partition coefficient (Wildman–Crippen LogP) is 3.28. The van der Waals surface area contributed by atoms with Crippen molar-refractivity contribution in [1.82, 2.24) is 9.62 Å². The molecule has 12 nitrogen and oxygen atoms in total. The molecule has 3 N–H and O–H groups in total. The molecule has 0 aromatic heterocycles. The number of Topliss-reactive ketones (excluding diaryl/α,β-unsaturated/α-hetero) is 1.